The monoisotopic (exact) mass is 296 g/mol. The van der Waals surface area contributed by atoms with Crippen molar-refractivity contribution < 1.29 is 0 Å². The third kappa shape index (κ3) is 8.83. The van der Waals surface area contributed by atoms with Gasteiger partial charge in [-0.25, -0.2) is 0 Å². The molecule has 1 N–H and O–H groups in total. The second kappa shape index (κ2) is 8.53. The first-order valence-electron chi connectivity index (χ1n) is 9.17. The van der Waals surface area contributed by atoms with E-state index in [1.165, 1.54) is 64.6 Å². The Morgan fingerprint density at radius 3 is 1.95 bits per heavy atom. The van der Waals surface area contributed by atoms with Gasteiger partial charge in [-0.15, -0.1) is 0 Å². The summed E-state index contributed by atoms with van der Waals surface area (Å²) in [5.74, 6) is 0. The molecule has 2 heteroatoms. The number of nitrogens with zero attached hydrogens (tertiary/aromatic N) is 1. The van der Waals surface area contributed by atoms with Gasteiger partial charge in [-0.3, -0.25) is 4.90 Å². The van der Waals surface area contributed by atoms with Gasteiger partial charge < -0.3 is 5.32 Å². The molecule has 1 aliphatic rings. The highest BCUT2D eigenvalue weighted by Crippen LogP contribution is 2.22. The summed E-state index contributed by atoms with van der Waals surface area (Å²) in [6, 6.07) is 0.762. The molecule has 0 bridgehead atoms. The highest BCUT2D eigenvalue weighted by Gasteiger charge is 2.26. The zero-order valence-corrected chi connectivity index (χ0v) is 15.6. The van der Waals surface area contributed by atoms with Crippen molar-refractivity contribution in [2.75, 3.05) is 19.6 Å². The first kappa shape index (κ1) is 19.0. The summed E-state index contributed by atoms with van der Waals surface area (Å²) >= 11 is 0. The maximum Gasteiger partial charge on any atom is 0.0125 e. The number of piperidine rings is 1. The summed E-state index contributed by atoms with van der Waals surface area (Å²) in [5.41, 5.74) is 0.858. The maximum absolute atomic E-state index is 3.77. The van der Waals surface area contributed by atoms with Crippen molar-refractivity contribution in [1.29, 1.82) is 0 Å². The molecule has 1 aliphatic heterocycles. The van der Waals surface area contributed by atoms with Crippen LogP contribution in [0.4, 0.5) is 0 Å². The lowest BCUT2D eigenvalue weighted by Crippen LogP contribution is -2.50. The number of nitrogens with one attached hydrogen (secondary N) is 1. The number of rotatable bonds is 7. The summed E-state index contributed by atoms with van der Waals surface area (Å²) in [6.07, 6.45) is 9.55. The van der Waals surface area contributed by atoms with E-state index in [0.29, 0.717) is 11.0 Å². The minimum atomic E-state index is 0.345. The smallest absolute Gasteiger partial charge is 0.0125 e. The Morgan fingerprint density at radius 2 is 1.43 bits per heavy atom. The molecule has 0 saturated carbocycles. The van der Waals surface area contributed by atoms with Crippen LogP contribution in [0.25, 0.3) is 0 Å². The Balaban J connectivity index is 1.98. The van der Waals surface area contributed by atoms with Gasteiger partial charge in [0.05, 0.1) is 0 Å². The molecule has 0 aromatic heterocycles. The van der Waals surface area contributed by atoms with Crippen molar-refractivity contribution in [1.82, 2.24) is 10.2 Å². The summed E-state index contributed by atoms with van der Waals surface area (Å²) in [4.78, 5) is 2.62. The van der Waals surface area contributed by atoms with Crippen molar-refractivity contribution in [3.63, 3.8) is 0 Å². The molecule has 2 nitrogen and oxygen atoms in total. The molecule has 0 spiro atoms. The molecule has 0 aromatic carbocycles. The first-order chi connectivity index (χ1) is 9.68. The number of unbranched alkanes of at least 4 members (excludes halogenated alkanes) is 3. The van der Waals surface area contributed by atoms with E-state index in [-0.39, 0.29) is 0 Å². The summed E-state index contributed by atoms with van der Waals surface area (Å²) in [6.45, 7) is 17.8. The fraction of sp³-hybridized carbons (Fsp3) is 1.00. The molecule has 1 saturated heterocycles. The van der Waals surface area contributed by atoms with E-state index in [4.69, 9.17) is 0 Å². The Kier molecular flexibility index (Phi) is 7.70. The van der Waals surface area contributed by atoms with Crippen LogP contribution in [0.3, 0.4) is 0 Å². The van der Waals surface area contributed by atoms with Gasteiger partial charge in [-0.2, -0.15) is 0 Å². The summed E-state index contributed by atoms with van der Waals surface area (Å²) in [7, 11) is 0. The van der Waals surface area contributed by atoms with E-state index in [0.717, 1.165) is 6.04 Å². The largest absolute Gasteiger partial charge is 0.314 e. The molecule has 0 amide bonds. The zero-order valence-electron chi connectivity index (χ0n) is 15.6. The topological polar surface area (TPSA) is 15.3 Å². The predicted octanol–water partition coefficient (Wildman–Crippen LogP) is 4.84. The Hall–Kier alpha value is -0.0800. The Bertz CT molecular complexity index is 264. The van der Waals surface area contributed by atoms with Crippen molar-refractivity contribution in [3.05, 3.63) is 0 Å². The van der Waals surface area contributed by atoms with Crippen LogP contribution in [0.1, 0.15) is 86.5 Å². The van der Waals surface area contributed by atoms with Crippen molar-refractivity contribution in [2.45, 2.75) is 98.1 Å². The van der Waals surface area contributed by atoms with Crippen molar-refractivity contribution >= 4 is 0 Å². The molecule has 21 heavy (non-hydrogen) atoms. The van der Waals surface area contributed by atoms with Gasteiger partial charge in [0.2, 0.25) is 0 Å². The van der Waals surface area contributed by atoms with E-state index in [9.17, 15) is 0 Å². The van der Waals surface area contributed by atoms with Gasteiger partial charge in [0, 0.05) is 24.7 Å². The van der Waals surface area contributed by atoms with Gasteiger partial charge in [0.1, 0.15) is 0 Å². The van der Waals surface area contributed by atoms with Crippen LogP contribution in [0, 0.1) is 5.41 Å². The Labute approximate surface area is 134 Å². The van der Waals surface area contributed by atoms with Crippen molar-refractivity contribution in [3.8, 4) is 0 Å². The molecular formula is C19H40N2. The molecule has 0 atom stereocenters. The van der Waals surface area contributed by atoms with Crippen LogP contribution in [-0.4, -0.2) is 36.1 Å². The molecule has 0 aliphatic carbocycles. The van der Waals surface area contributed by atoms with Crippen LogP contribution < -0.4 is 5.32 Å². The minimum Gasteiger partial charge on any atom is -0.314 e. The highest BCUT2D eigenvalue weighted by atomic mass is 15.2. The predicted molar refractivity (Wildman–Crippen MR) is 94.9 cm³/mol. The fourth-order valence-corrected chi connectivity index (χ4v) is 3.19. The van der Waals surface area contributed by atoms with E-state index >= 15 is 0 Å². The standard InChI is InChI=1S/C19H40N2/c1-18(2,3)13-9-7-8-10-14-20-17-11-15-21(16-12-17)19(4,5)6/h17,20H,7-16H2,1-6H3. The quantitative estimate of drug-likeness (QED) is 0.677. The minimum absolute atomic E-state index is 0.345. The normalized spacial score (nSPS) is 19.1. The van der Waals surface area contributed by atoms with E-state index in [1.54, 1.807) is 0 Å². The van der Waals surface area contributed by atoms with Crippen LogP contribution >= 0.6 is 0 Å². The summed E-state index contributed by atoms with van der Waals surface area (Å²) in [5, 5.41) is 3.77. The highest BCUT2D eigenvalue weighted by molar-refractivity contribution is 4.84. The van der Waals surface area contributed by atoms with E-state index < -0.39 is 0 Å². The lowest BCUT2D eigenvalue weighted by atomic mass is 9.89. The fourth-order valence-electron chi connectivity index (χ4n) is 3.19. The van der Waals surface area contributed by atoms with Crippen LogP contribution in [-0.2, 0) is 0 Å². The van der Waals surface area contributed by atoms with Gasteiger partial charge in [0.25, 0.3) is 0 Å². The molecule has 0 aromatic rings. The molecule has 126 valence electrons. The van der Waals surface area contributed by atoms with Gasteiger partial charge in [0.15, 0.2) is 0 Å². The SMILES string of the molecule is CC(C)(C)CCCCCCNC1CCN(C(C)(C)C)CC1. The third-order valence-electron chi connectivity index (χ3n) is 4.73. The molecule has 1 fully saturated rings. The molecular weight excluding hydrogens is 256 g/mol. The first-order valence-corrected chi connectivity index (χ1v) is 9.17. The van der Waals surface area contributed by atoms with Crippen LogP contribution in [0.2, 0.25) is 0 Å². The number of likely N-dealkylation sites (tertiary alicyclic amines) is 1. The average Bonchev–Trinajstić information content (AvgIpc) is 2.36. The van der Waals surface area contributed by atoms with Crippen LogP contribution in [0.15, 0.2) is 0 Å². The Morgan fingerprint density at radius 1 is 0.857 bits per heavy atom. The molecule has 1 heterocycles. The molecule has 1 rings (SSSR count). The number of hydrogen-bond donors (Lipinski definition) is 1. The average molecular weight is 297 g/mol. The van der Waals surface area contributed by atoms with Gasteiger partial charge in [-0.05, 0) is 58.4 Å². The zero-order chi connectivity index (χ0) is 15.9. The third-order valence-corrected chi connectivity index (χ3v) is 4.73. The molecule has 0 unspecified atom stereocenters. The second-order valence-corrected chi connectivity index (χ2v) is 9.11. The van der Waals surface area contributed by atoms with Gasteiger partial charge in [-0.1, -0.05) is 40.0 Å². The van der Waals surface area contributed by atoms with Crippen LogP contribution in [0.5, 0.6) is 0 Å². The summed E-state index contributed by atoms with van der Waals surface area (Å²) < 4.78 is 0. The number of hydrogen-bond acceptors (Lipinski definition) is 2. The van der Waals surface area contributed by atoms with Gasteiger partial charge >= 0.3 is 0 Å². The lowest BCUT2D eigenvalue weighted by Gasteiger charge is -2.41. The van der Waals surface area contributed by atoms with Crippen molar-refractivity contribution in [2.24, 2.45) is 5.41 Å². The maximum atomic E-state index is 3.77. The van der Waals surface area contributed by atoms with E-state index in [2.05, 4.69) is 51.8 Å². The molecule has 0 radical (unpaired) electrons. The lowest BCUT2D eigenvalue weighted by molar-refractivity contribution is 0.0963. The second-order valence-electron chi connectivity index (χ2n) is 9.11. The van der Waals surface area contributed by atoms with E-state index in [1.807, 2.05) is 0 Å².